The molecular formula is C22H24N2O. The zero-order valence-electron chi connectivity index (χ0n) is 15.1. The van der Waals surface area contributed by atoms with Crippen molar-refractivity contribution in [2.75, 3.05) is 13.6 Å². The summed E-state index contributed by atoms with van der Waals surface area (Å²) in [7, 11) is 2.19. The van der Waals surface area contributed by atoms with E-state index in [1.165, 1.54) is 33.3 Å². The summed E-state index contributed by atoms with van der Waals surface area (Å²) in [6, 6.07) is 17.5. The Morgan fingerprint density at radius 1 is 1.12 bits per heavy atom. The second-order valence-electron chi connectivity index (χ2n) is 7.87. The molecule has 2 atom stereocenters. The molecule has 3 heteroatoms. The number of aromatic nitrogens is 1. The highest BCUT2D eigenvalue weighted by Gasteiger charge is 2.42. The molecule has 25 heavy (non-hydrogen) atoms. The highest BCUT2D eigenvalue weighted by molar-refractivity contribution is 5.87. The molecule has 0 radical (unpaired) electrons. The predicted molar refractivity (Wildman–Crippen MR) is 101 cm³/mol. The third kappa shape index (κ3) is 2.19. The molecule has 3 aromatic rings. The number of rotatable bonds is 1. The minimum atomic E-state index is -0.300. The molecule has 0 saturated heterocycles. The Labute approximate surface area is 148 Å². The lowest BCUT2D eigenvalue weighted by atomic mass is 9.92. The smallest absolute Gasteiger partial charge is 0.112 e. The maximum absolute atomic E-state index is 6.74. The molecule has 5 rings (SSSR count). The number of aryl methyl sites for hydroxylation is 1. The fourth-order valence-corrected chi connectivity index (χ4v) is 4.66. The van der Waals surface area contributed by atoms with Gasteiger partial charge in [0.2, 0.25) is 0 Å². The van der Waals surface area contributed by atoms with E-state index in [1.807, 2.05) is 0 Å². The van der Waals surface area contributed by atoms with Gasteiger partial charge < -0.3 is 9.30 Å². The van der Waals surface area contributed by atoms with Gasteiger partial charge in [-0.1, -0.05) is 42.0 Å². The molecule has 0 bridgehead atoms. The van der Waals surface area contributed by atoms with Crippen LogP contribution in [0.4, 0.5) is 0 Å². The van der Waals surface area contributed by atoms with Crippen LogP contribution in [-0.2, 0) is 23.4 Å². The van der Waals surface area contributed by atoms with E-state index in [2.05, 4.69) is 78.9 Å². The summed E-state index contributed by atoms with van der Waals surface area (Å²) in [6.45, 7) is 7.23. The Hall–Kier alpha value is -2.10. The van der Waals surface area contributed by atoms with Crippen LogP contribution < -0.4 is 0 Å². The Kier molecular flexibility index (Phi) is 3.16. The maximum atomic E-state index is 6.74. The van der Waals surface area contributed by atoms with E-state index in [0.717, 1.165) is 19.6 Å². The van der Waals surface area contributed by atoms with Crippen molar-refractivity contribution < 1.29 is 4.74 Å². The van der Waals surface area contributed by atoms with Gasteiger partial charge in [0, 0.05) is 24.0 Å². The zero-order chi connectivity index (χ0) is 17.2. The average molecular weight is 332 g/mol. The molecule has 2 aromatic carbocycles. The number of fused-ring (bicyclic) bond motifs is 3. The highest BCUT2D eigenvalue weighted by atomic mass is 16.5. The van der Waals surface area contributed by atoms with Gasteiger partial charge in [0.15, 0.2) is 0 Å². The predicted octanol–water partition coefficient (Wildman–Crippen LogP) is 4.38. The maximum Gasteiger partial charge on any atom is 0.112 e. The fourth-order valence-electron chi connectivity index (χ4n) is 4.66. The van der Waals surface area contributed by atoms with Gasteiger partial charge in [0.25, 0.3) is 0 Å². The summed E-state index contributed by atoms with van der Waals surface area (Å²) >= 11 is 0. The summed E-state index contributed by atoms with van der Waals surface area (Å²) in [5.74, 6) is 0. The van der Waals surface area contributed by atoms with E-state index in [4.69, 9.17) is 4.74 Å². The quantitative estimate of drug-likeness (QED) is 0.658. The summed E-state index contributed by atoms with van der Waals surface area (Å²) < 4.78 is 9.26. The van der Waals surface area contributed by atoms with Crippen LogP contribution in [0.25, 0.3) is 10.9 Å². The molecule has 0 amide bonds. The van der Waals surface area contributed by atoms with E-state index in [9.17, 15) is 0 Å². The molecule has 2 aliphatic heterocycles. The second kappa shape index (κ2) is 5.20. The van der Waals surface area contributed by atoms with Crippen molar-refractivity contribution in [3.63, 3.8) is 0 Å². The summed E-state index contributed by atoms with van der Waals surface area (Å²) in [6.07, 6.45) is 0.125. The molecule has 2 unspecified atom stereocenters. The van der Waals surface area contributed by atoms with Crippen LogP contribution in [0, 0.1) is 6.92 Å². The minimum Gasteiger partial charge on any atom is -0.358 e. The first-order valence-electron chi connectivity index (χ1n) is 9.09. The van der Waals surface area contributed by atoms with Crippen molar-refractivity contribution in [3.8, 4) is 0 Å². The van der Waals surface area contributed by atoms with E-state index in [0.29, 0.717) is 0 Å². The highest BCUT2D eigenvalue weighted by Crippen LogP contribution is 2.46. The van der Waals surface area contributed by atoms with Crippen molar-refractivity contribution in [1.82, 2.24) is 9.47 Å². The van der Waals surface area contributed by atoms with Gasteiger partial charge in [-0.2, -0.15) is 0 Å². The van der Waals surface area contributed by atoms with Crippen LogP contribution in [0.15, 0.2) is 48.5 Å². The van der Waals surface area contributed by atoms with Crippen molar-refractivity contribution in [1.29, 1.82) is 0 Å². The number of nitrogens with zero attached hydrogens (tertiary/aromatic N) is 2. The summed E-state index contributed by atoms with van der Waals surface area (Å²) in [4.78, 5) is 2.38. The third-order valence-electron chi connectivity index (χ3n) is 5.83. The normalized spacial score (nSPS) is 26.0. The standard InChI is InChI=1S/C22H24N2O/c1-15-9-10-19-17(11-15)18-12-23(3)13-20-21(18)24(19)14-22(2,25-20)16-7-5-4-6-8-16/h4-11,20H,12-14H2,1-3H3. The van der Waals surface area contributed by atoms with Crippen molar-refractivity contribution in [3.05, 3.63) is 70.9 Å². The summed E-state index contributed by atoms with van der Waals surface area (Å²) in [5.41, 5.74) is 6.47. The lowest BCUT2D eigenvalue weighted by molar-refractivity contribution is -0.133. The van der Waals surface area contributed by atoms with Crippen LogP contribution in [0.3, 0.4) is 0 Å². The monoisotopic (exact) mass is 332 g/mol. The Morgan fingerprint density at radius 3 is 2.72 bits per heavy atom. The van der Waals surface area contributed by atoms with Crippen molar-refractivity contribution >= 4 is 10.9 Å². The molecule has 0 aliphatic carbocycles. The Balaban J connectivity index is 1.75. The van der Waals surface area contributed by atoms with E-state index in [-0.39, 0.29) is 11.7 Å². The Morgan fingerprint density at radius 2 is 1.92 bits per heavy atom. The van der Waals surface area contributed by atoms with E-state index in [1.54, 1.807) is 0 Å². The lowest BCUT2D eigenvalue weighted by Crippen LogP contribution is -2.44. The zero-order valence-corrected chi connectivity index (χ0v) is 15.1. The molecule has 0 saturated carbocycles. The Bertz CT molecular complexity index is 959. The van der Waals surface area contributed by atoms with Crippen molar-refractivity contribution in [2.24, 2.45) is 0 Å². The van der Waals surface area contributed by atoms with Crippen molar-refractivity contribution in [2.45, 2.75) is 38.6 Å². The van der Waals surface area contributed by atoms with Gasteiger partial charge in [-0.15, -0.1) is 0 Å². The summed E-state index contributed by atoms with van der Waals surface area (Å²) in [5, 5.41) is 1.40. The van der Waals surface area contributed by atoms with Crippen LogP contribution in [0.5, 0.6) is 0 Å². The van der Waals surface area contributed by atoms with Gasteiger partial charge >= 0.3 is 0 Å². The topological polar surface area (TPSA) is 17.4 Å². The third-order valence-corrected chi connectivity index (χ3v) is 5.83. The molecule has 3 heterocycles. The van der Waals surface area contributed by atoms with Crippen LogP contribution in [-0.4, -0.2) is 23.1 Å². The first-order chi connectivity index (χ1) is 12.0. The fraction of sp³-hybridized carbons (Fsp3) is 0.364. The van der Waals surface area contributed by atoms with Crippen LogP contribution in [0.1, 0.15) is 35.4 Å². The lowest BCUT2D eigenvalue weighted by Gasteiger charge is -2.44. The van der Waals surface area contributed by atoms with E-state index < -0.39 is 0 Å². The minimum absolute atomic E-state index is 0.125. The largest absolute Gasteiger partial charge is 0.358 e. The van der Waals surface area contributed by atoms with Gasteiger partial charge in [0.1, 0.15) is 11.7 Å². The van der Waals surface area contributed by atoms with Gasteiger partial charge in [0.05, 0.1) is 12.2 Å². The molecule has 3 nitrogen and oxygen atoms in total. The number of hydrogen-bond donors (Lipinski definition) is 0. The SMILES string of the molecule is Cc1ccc2c(c1)c1c3n2CC(C)(c2ccccc2)OC3CN(C)C1. The van der Waals surface area contributed by atoms with Crippen LogP contribution >= 0.6 is 0 Å². The van der Waals surface area contributed by atoms with Gasteiger partial charge in [-0.05, 0) is 44.2 Å². The molecule has 2 aliphatic rings. The van der Waals surface area contributed by atoms with Crippen LogP contribution in [0.2, 0.25) is 0 Å². The number of benzene rings is 2. The number of ether oxygens (including phenoxy) is 1. The average Bonchev–Trinajstić information content (AvgIpc) is 2.89. The number of hydrogen-bond acceptors (Lipinski definition) is 2. The molecule has 1 aromatic heterocycles. The van der Waals surface area contributed by atoms with E-state index >= 15 is 0 Å². The second-order valence-corrected chi connectivity index (χ2v) is 7.87. The first kappa shape index (κ1) is 15.2. The molecule has 128 valence electrons. The molecule has 0 fully saturated rings. The van der Waals surface area contributed by atoms with Gasteiger partial charge in [-0.3, -0.25) is 4.90 Å². The number of likely N-dealkylation sites (N-methyl/N-ethyl adjacent to an activating group) is 1. The molecule has 0 N–H and O–H groups in total. The molecule has 0 spiro atoms. The molecular weight excluding hydrogens is 308 g/mol. The first-order valence-corrected chi connectivity index (χ1v) is 9.09. The van der Waals surface area contributed by atoms with Gasteiger partial charge in [-0.25, -0.2) is 0 Å².